The third kappa shape index (κ3) is 3.51. The Balaban J connectivity index is 2.23. The molecule has 5 heteroatoms. The fourth-order valence-corrected chi connectivity index (χ4v) is 4.13. The van der Waals surface area contributed by atoms with E-state index in [1.807, 2.05) is 38.1 Å². The van der Waals surface area contributed by atoms with Crippen LogP contribution in [-0.2, 0) is 14.3 Å². The fourth-order valence-electron chi connectivity index (χ4n) is 4.13. The molecule has 0 fully saturated rings. The highest BCUT2D eigenvalue weighted by Gasteiger charge is 2.43. The van der Waals surface area contributed by atoms with Gasteiger partial charge in [0, 0.05) is 29.0 Å². The highest BCUT2D eigenvalue weighted by atomic mass is 16.5. The van der Waals surface area contributed by atoms with Crippen molar-refractivity contribution < 1.29 is 19.1 Å². The van der Waals surface area contributed by atoms with Gasteiger partial charge in [-0.3, -0.25) is 4.79 Å². The standard InChI is InChI=1S/C22H27NO4/c1-6-27-17-10-8-7-9-14(17)19-18(21(25)26-5)13(2)23-15-11-22(3,4)12-16(24)20(15)19/h7-10,19,23H,6,11-12H2,1-5H3/t19-/m0/s1. The summed E-state index contributed by atoms with van der Waals surface area (Å²) >= 11 is 0. The van der Waals surface area contributed by atoms with Gasteiger partial charge in [0.15, 0.2) is 5.78 Å². The van der Waals surface area contributed by atoms with Crippen molar-refractivity contribution in [1.82, 2.24) is 5.32 Å². The van der Waals surface area contributed by atoms with Crippen molar-refractivity contribution >= 4 is 11.8 Å². The number of nitrogens with one attached hydrogen (secondary N) is 1. The van der Waals surface area contributed by atoms with E-state index in [1.54, 1.807) is 0 Å². The van der Waals surface area contributed by atoms with Gasteiger partial charge in [-0.1, -0.05) is 32.0 Å². The minimum atomic E-state index is -0.486. The number of para-hydroxylation sites is 1. The molecule has 3 rings (SSSR count). The van der Waals surface area contributed by atoms with Gasteiger partial charge in [0.2, 0.25) is 0 Å². The molecule has 0 spiro atoms. The van der Waals surface area contributed by atoms with Crippen LogP contribution >= 0.6 is 0 Å². The van der Waals surface area contributed by atoms with Crippen LogP contribution in [0.4, 0.5) is 0 Å². The molecule has 2 aliphatic rings. The minimum absolute atomic E-state index is 0.0685. The Morgan fingerprint density at radius 3 is 2.63 bits per heavy atom. The summed E-state index contributed by atoms with van der Waals surface area (Å²) in [6, 6.07) is 7.60. The lowest BCUT2D eigenvalue weighted by molar-refractivity contribution is -0.136. The van der Waals surface area contributed by atoms with E-state index in [4.69, 9.17) is 9.47 Å². The second-order valence-electron chi connectivity index (χ2n) is 7.89. The van der Waals surface area contributed by atoms with Crippen molar-refractivity contribution in [1.29, 1.82) is 0 Å². The second-order valence-corrected chi connectivity index (χ2v) is 7.89. The Morgan fingerprint density at radius 2 is 1.96 bits per heavy atom. The molecule has 1 atom stereocenters. The molecule has 0 saturated carbocycles. The summed E-state index contributed by atoms with van der Waals surface area (Å²) in [5, 5.41) is 3.32. The van der Waals surface area contributed by atoms with E-state index in [-0.39, 0.29) is 11.2 Å². The smallest absolute Gasteiger partial charge is 0.336 e. The molecule has 0 amide bonds. The maximum absolute atomic E-state index is 13.1. The monoisotopic (exact) mass is 369 g/mol. The van der Waals surface area contributed by atoms with E-state index in [2.05, 4.69) is 19.2 Å². The first-order valence-corrected chi connectivity index (χ1v) is 9.33. The van der Waals surface area contributed by atoms with Crippen LogP contribution in [0.5, 0.6) is 5.75 Å². The zero-order valence-electron chi connectivity index (χ0n) is 16.6. The Morgan fingerprint density at radius 1 is 1.26 bits per heavy atom. The summed E-state index contributed by atoms with van der Waals surface area (Å²) in [4.78, 5) is 25.8. The van der Waals surface area contributed by atoms with Crippen LogP contribution in [0.2, 0.25) is 0 Å². The van der Waals surface area contributed by atoms with Crippen LogP contribution in [-0.4, -0.2) is 25.5 Å². The molecule has 1 heterocycles. The Bertz CT molecular complexity index is 848. The average Bonchev–Trinajstić information content (AvgIpc) is 2.59. The molecule has 5 nitrogen and oxygen atoms in total. The van der Waals surface area contributed by atoms with E-state index in [0.29, 0.717) is 29.9 Å². The number of esters is 1. The number of benzene rings is 1. The molecular formula is C22H27NO4. The summed E-state index contributed by atoms with van der Waals surface area (Å²) in [5.41, 5.74) is 3.46. The Kier molecular flexibility index (Phi) is 5.13. The number of methoxy groups -OCH3 is 1. The van der Waals surface area contributed by atoms with Gasteiger partial charge in [0.05, 0.1) is 25.2 Å². The number of hydrogen-bond acceptors (Lipinski definition) is 5. The highest BCUT2D eigenvalue weighted by Crippen LogP contribution is 2.48. The average molecular weight is 369 g/mol. The minimum Gasteiger partial charge on any atom is -0.494 e. The van der Waals surface area contributed by atoms with E-state index in [0.717, 1.165) is 23.4 Å². The zero-order chi connectivity index (χ0) is 19.8. The summed E-state index contributed by atoms with van der Waals surface area (Å²) in [7, 11) is 1.36. The number of hydrogen-bond donors (Lipinski definition) is 1. The first-order valence-electron chi connectivity index (χ1n) is 9.33. The normalized spacial score (nSPS) is 21.5. The highest BCUT2D eigenvalue weighted by molar-refractivity contribution is 6.04. The number of allylic oxidation sites excluding steroid dienone is 3. The van der Waals surface area contributed by atoms with Crippen LogP contribution in [0.3, 0.4) is 0 Å². The summed E-state index contributed by atoms with van der Waals surface area (Å²) in [6.07, 6.45) is 1.21. The number of Topliss-reactive ketones (excluding diaryl/α,β-unsaturated/α-hetero) is 1. The van der Waals surface area contributed by atoms with Crippen LogP contribution in [0.15, 0.2) is 46.8 Å². The van der Waals surface area contributed by atoms with Gasteiger partial charge in [0.25, 0.3) is 0 Å². The number of rotatable bonds is 4. The molecule has 0 unspecified atom stereocenters. The van der Waals surface area contributed by atoms with Gasteiger partial charge in [-0.2, -0.15) is 0 Å². The van der Waals surface area contributed by atoms with E-state index in [1.165, 1.54) is 7.11 Å². The van der Waals surface area contributed by atoms with Crippen molar-refractivity contribution in [2.24, 2.45) is 5.41 Å². The summed E-state index contributed by atoms with van der Waals surface area (Å²) in [6.45, 7) is 8.47. The largest absolute Gasteiger partial charge is 0.494 e. The predicted octanol–water partition coefficient (Wildman–Crippen LogP) is 3.86. The van der Waals surface area contributed by atoms with E-state index < -0.39 is 11.9 Å². The lowest BCUT2D eigenvalue weighted by atomic mass is 9.68. The molecule has 0 bridgehead atoms. The molecular weight excluding hydrogens is 342 g/mol. The molecule has 27 heavy (non-hydrogen) atoms. The first kappa shape index (κ1) is 19.2. The maximum Gasteiger partial charge on any atom is 0.336 e. The van der Waals surface area contributed by atoms with Gasteiger partial charge in [0.1, 0.15) is 5.75 Å². The maximum atomic E-state index is 13.1. The molecule has 1 aliphatic heterocycles. The Hall–Kier alpha value is -2.56. The number of ketones is 1. The third-order valence-corrected chi connectivity index (χ3v) is 5.17. The van der Waals surface area contributed by atoms with Crippen LogP contribution in [0.1, 0.15) is 52.0 Å². The number of dihydropyridines is 1. The van der Waals surface area contributed by atoms with Crippen molar-refractivity contribution in [3.05, 3.63) is 52.4 Å². The summed E-state index contributed by atoms with van der Waals surface area (Å²) < 4.78 is 10.9. The van der Waals surface area contributed by atoms with Gasteiger partial charge in [-0.25, -0.2) is 4.79 Å². The summed E-state index contributed by atoms with van der Waals surface area (Å²) in [5.74, 6) is -0.162. The van der Waals surface area contributed by atoms with E-state index >= 15 is 0 Å². The number of carbonyl (C=O) groups is 2. The van der Waals surface area contributed by atoms with Gasteiger partial charge >= 0.3 is 5.97 Å². The molecule has 1 N–H and O–H groups in total. The van der Waals surface area contributed by atoms with Crippen molar-refractivity contribution in [3.63, 3.8) is 0 Å². The van der Waals surface area contributed by atoms with Crippen molar-refractivity contribution in [2.45, 2.75) is 46.5 Å². The quantitative estimate of drug-likeness (QED) is 0.817. The van der Waals surface area contributed by atoms with Gasteiger partial charge < -0.3 is 14.8 Å². The molecule has 1 aromatic carbocycles. The van der Waals surface area contributed by atoms with Crippen molar-refractivity contribution in [3.8, 4) is 5.75 Å². The SMILES string of the molecule is CCOc1ccccc1[C@H]1C(C(=O)OC)=C(C)NC2=C1C(=O)CC(C)(C)C2. The predicted molar refractivity (Wildman–Crippen MR) is 103 cm³/mol. The number of ether oxygens (including phenoxy) is 2. The van der Waals surface area contributed by atoms with Crippen LogP contribution in [0, 0.1) is 5.41 Å². The van der Waals surface area contributed by atoms with E-state index in [9.17, 15) is 9.59 Å². The Labute approximate surface area is 160 Å². The van der Waals surface area contributed by atoms with Crippen molar-refractivity contribution in [2.75, 3.05) is 13.7 Å². The first-order chi connectivity index (χ1) is 12.8. The van der Waals surface area contributed by atoms with Gasteiger partial charge in [-0.05, 0) is 31.7 Å². The molecule has 0 saturated heterocycles. The third-order valence-electron chi connectivity index (χ3n) is 5.17. The molecule has 0 radical (unpaired) electrons. The zero-order valence-corrected chi connectivity index (χ0v) is 16.6. The topological polar surface area (TPSA) is 64.6 Å². The van der Waals surface area contributed by atoms with Crippen LogP contribution in [0.25, 0.3) is 0 Å². The van der Waals surface area contributed by atoms with Gasteiger partial charge in [-0.15, -0.1) is 0 Å². The molecule has 0 aromatic heterocycles. The second kappa shape index (κ2) is 7.22. The lowest BCUT2D eigenvalue weighted by Crippen LogP contribution is -2.38. The lowest BCUT2D eigenvalue weighted by Gasteiger charge is -2.39. The molecule has 144 valence electrons. The number of carbonyl (C=O) groups excluding carboxylic acids is 2. The molecule has 1 aromatic rings. The fraction of sp³-hybridized carbons (Fsp3) is 0.455. The van der Waals surface area contributed by atoms with Crippen LogP contribution < -0.4 is 10.1 Å². The molecule has 1 aliphatic carbocycles.